The second kappa shape index (κ2) is 5.53. The quantitative estimate of drug-likeness (QED) is 0.900. The fourth-order valence-electron chi connectivity index (χ4n) is 2.13. The van der Waals surface area contributed by atoms with Gasteiger partial charge in [-0.25, -0.2) is 4.98 Å². The number of nitriles is 1. The number of nitrogens with one attached hydrogen (secondary N) is 1. The van der Waals surface area contributed by atoms with Gasteiger partial charge in [0.15, 0.2) is 0 Å². The largest absolute Gasteiger partial charge is 0.340 e. The van der Waals surface area contributed by atoms with Gasteiger partial charge in [-0.15, -0.1) is 0 Å². The van der Waals surface area contributed by atoms with Gasteiger partial charge in [-0.1, -0.05) is 25.1 Å². The van der Waals surface area contributed by atoms with Gasteiger partial charge in [-0.3, -0.25) is 0 Å². The van der Waals surface area contributed by atoms with Crippen molar-refractivity contribution in [1.82, 2.24) is 4.98 Å². The molecule has 0 saturated carbocycles. The number of para-hydroxylation sites is 1. The first-order chi connectivity index (χ1) is 9.13. The summed E-state index contributed by atoms with van der Waals surface area (Å²) in [5, 5.41) is 12.3. The van der Waals surface area contributed by atoms with E-state index in [1.54, 1.807) is 12.1 Å². The maximum atomic E-state index is 9.00. The summed E-state index contributed by atoms with van der Waals surface area (Å²) in [6.45, 7) is 6.09. The Morgan fingerprint density at radius 1 is 1.26 bits per heavy atom. The molecule has 0 bridgehead atoms. The van der Waals surface area contributed by atoms with Crippen molar-refractivity contribution >= 4 is 11.5 Å². The van der Waals surface area contributed by atoms with E-state index >= 15 is 0 Å². The molecular formula is C16H17N3. The van der Waals surface area contributed by atoms with E-state index in [0.717, 1.165) is 23.6 Å². The lowest BCUT2D eigenvalue weighted by Gasteiger charge is -2.14. The molecule has 2 rings (SSSR count). The Bertz CT molecular complexity index is 639. The molecule has 0 saturated heterocycles. The van der Waals surface area contributed by atoms with E-state index in [9.17, 15) is 0 Å². The Balaban J connectivity index is 2.42. The van der Waals surface area contributed by atoms with Crippen LogP contribution in [0.5, 0.6) is 0 Å². The number of pyridine rings is 1. The summed E-state index contributed by atoms with van der Waals surface area (Å²) in [4.78, 5) is 4.43. The van der Waals surface area contributed by atoms with Crippen molar-refractivity contribution in [3.63, 3.8) is 0 Å². The molecular weight excluding hydrogens is 234 g/mol. The number of aromatic nitrogens is 1. The van der Waals surface area contributed by atoms with Crippen LogP contribution in [0.4, 0.5) is 11.5 Å². The number of rotatable bonds is 3. The summed E-state index contributed by atoms with van der Waals surface area (Å²) in [6, 6.07) is 12.0. The monoisotopic (exact) mass is 251 g/mol. The first kappa shape index (κ1) is 13.1. The van der Waals surface area contributed by atoms with Crippen molar-refractivity contribution in [3.8, 4) is 6.07 Å². The summed E-state index contributed by atoms with van der Waals surface area (Å²) < 4.78 is 0. The fraction of sp³-hybridized carbons (Fsp3) is 0.250. The van der Waals surface area contributed by atoms with Gasteiger partial charge in [0, 0.05) is 11.4 Å². The zero-order valence-corrected chi connectivity index (χ0v) is 11.5. The van der Waals surface area contributed by atoms with Crippen LogP contribution >= 0.6 is 0 Å². The molecule has 3 heteroatoms. The molecule has 0 aliphatic rings. The van der Waals surface area contributed by atoms with Crippen LogP contribution in [0, 0.1) is 25.2 Å². The molecule has 0 unspecified atom stereocenters. The lowest BCUT2D eigenvalue weighted by atomic mass is 10.1. The third-order valence-corrected chi connectivity index (χ3v) is 3.08. The average Bonchev–Trinajstić information content (AvgIpc) is 2.40. The smallest absolute Gasteiger partial charge is 0.131 e. The molecule has 96 valence electrons. The molecule has 2 aromatic rings. The Labute approximate surface area is 113 Å². The van der Waals surface area contributed by atoms with Gasteiger partial charge in [-0.05, 0) is 43.5 Å². The predicted molar refractivity (Wildman–Crippen MR) is 77.5 cm³/mol. The SMILES string of the molecule is CCc1cccc(C)c1Nc1cc(C#N)cc(C)n1. The Hall–Kier alpha value is -2.34. The normalized spacial score (nSPS) is 10.0. The van der Waals surface area contributed by atoms with Crippen LogP contribution in [0.2, 0.25) is 0 Å². The van der Waals surface area contributed by atoms with Crippen LogP contribution in [-0.2, 0) is 6.42 Å². The minimum atomic E-state index is 0.627. The molecule has 1 heterocycles. The van der Waals surface area contributed by atoms with E-state index in [1.165, 1.54) is 11.1 Å². The zero-order chi connectivity index (χ0) is 13.8. The maximum Gasteiger partial charge on any atom is 0.131 e. The highest BCUT2D eigenvalue weighted by atomic mass is 15.0. The second-order valence-corrected chi connectivity index (χ2v) is 4.58. The highest BCUT2D eigenvalue weighted by Gasteiger charge is 2.06. The van der Waals surface area contributed by atoms with Gasteiger partial charge in [0.1, 0.15) is 5.82 Å². The molecule has 0 atom stereocenters. The Morgan fingerprint density at radius 2 is 2.05 bits per heavy atom. The summed E-state index contributed by atoms with van der Waals surface area (Å²) in [7, 11) is 0. The molecule has 1 aromatic heterocycles. The van der Waals surface area contributed by atoms with Crippen LogP contribution in [0.25, 0.3) is 0 Å². The van der Waals surface area contributed by atoms with Crippen LogP contribution in [0.3, 0.4) is 0 Å². The summed E-state index contributed by atoms with van der Waals surface area (Å²) >= 11 is 0. The predicted octanol–water partition coefficient (Wildman–Crippen LogP) is 3.88. The number of aryl methyl sites for hydroxylation is 3. The van der Waals surface area contributed by atoms with Gasteiger partial charge in [0.25, 0.3) is 0 Å². The molecule has 0 amide bonds. The third-order valence-electron chi connectivity index (χ3n) is 3.08. The number of benzene rings is 1. The lowest BCUT2D eigenvalue weighted by molar-refractivity contribution is 1.12. The summed E-state index contributed by atoms with van der Waals surface area (Å²) in [5.74, 6) is 0.723. The molecule has 1 aromatic carbocycles. The molecule has 1 N–H and O–H groups in total. The standard InChI is InChI=1S/C16H17N3/c1-4-14-7-5-6-11(2)16(14)19-15-9-13(10-17)8-12(3)18-15/h5-9H,4H2,1-3H3,(H,18,19). The summed E-state index contributed by atoms with van der Waals surface area (Å²) in [5.41, 5.74) is 4.99. The highest BCUT2D eigenvalue weighted by molar-refractivity contribution is 5.65. The van der Waals surface area contributed by atoms with Crippen molar-refractivity contribution in [2.24, 2.45) is 0 Å². The van der Waals surface area contributed by atoms with E-state index in [1.807, 2.05) is 6.92 Å². The van der Waals surface area contributed by atoms with Crippen LogP contribution in [-0.4, -0.2) is 4.98 Å². The number of hydrogen-bond acceptors (Lipinski definition) is 3. The molecule has 0 aliphatic carbocycles. The van der Waals surface area contributed by atoms with Crippen LogP contribution in [0.1, 0.15) is 29.3 Å². The molecule has 0 spiro atoms. The van der Waals surface area contributed by atoms with Gasteiger partial charge in [0.2, 0.25) is 0 Å². The van der Waals surface area contributed by atoms with Gasteiger partial charge >= 0.3 is 0 Å². The topological polar surface area (TPSA) is 48.7 Å². The Morgan fingerprint density at radius 3 is 2.74 bits per heavy atom. The van der Waals surface area contributed by atoms with Crippen molar-refractivity contribution in [2.45, 2.75) is 27.2 Å². The average molecular weight is 251 g/mol. The zero-order valence-electron chi connectivity index (χ0n) is 11.5. The van der Waals surface area contributed by atoms with Crippen LogP contribution < -0.4 is 5.32 Å². The molecule has 0 radical (unpaired) electrons. The van der Waals surface area contributed by atoms with Gasteiger partial charge < -0.3 is 5.32 Å². The molecule has 0 aliphatic heterocycles. The van der Waals surface area contributed by atoms with Gasteiger partial charge in [0.05, 0.1) is 11.6 Å². The first-order valence-corrected chi connectivity index (χ1v) is 6.38. The first-order valence-electron chi connectivity index (χ1n) is 6.38. The maximum absolute atomic E-state index is 9.00. The van der Waals surface area contributed by atoms with Gasteiger partial charge in [-0.2, -0.15) is 5.26 Å². The fourth-order valence-corrected chi connectivity index (χ4v) is 2.13. The van der Waals surface area contributed by atoms with Crippen LogP contribution in [0.15, 0.2) is 30.3 Å². The van der Waals surface area contributed by atoms with Crippen molar-refractivity contribution in [3.05, 3.63) is 52.7 Å². The number of anilines is 2. The summed E-state index contributed by atoms with van der Waals surface area (Å²) in [6.07, 6.45) is 0.959. The number of nitrogens with zero attached hydrogens (tertiary/aromatic N) is 2. The van der Waals surface area contributed by atoms with E-state index in [2.05, 4.69) is 48.4 Å². The van der Waals surface area contributed by atoms with Crippen molar-refractivity contribution in [1.29, 1.82) is 5.26 Å². The van der Waals surface area contributed by atoms with Crippen molar-refractivity contribution < 1.29 is 0 Å². The van der Waals surface area contributed by atoms with E-state index < -0.39 is 0 Å². The minimum Gasteiger partial charge on any atom is -0.340 e. The molecule has 3 nitrogen and oxygen atoms in total. The minimum absolute atomic E-state index is 0.627. The van der Waals surface area contributed by atoms with E-state index in [0.29, 0.717) is 5.56 Å². The second-order valence-electron chi connectivity index (χ2n) is 4.58. The molecule has 0 fully saturated rings. The third kappa shape index (κ3) is 2.92. The number of hydrogen-bond donors (Lipinski definition) is 1. The van der Waals surface area contributed by atoms with E-state index in [4.69, 9.17) is 5.26 Å². The van der Waals surface area contributed by atoms with E-state index in [-0.39, 0.29) is 0 Å². The lowest BCUT2D eigenvalue weighted by Crippen LogP contribution is -2.01. The Kier molecular flexibility index (Phi) is 3.82. The molecule has 19 heavy (non-hydrogen) atoms. The highest BCUT2D eigenvalue weighted by Crippen LogP contribution is 2.25. The van der Waals surface area contributed by atoms with Crippen molar-refractivity contribution in [2.75, 3.05) is 5.32 Å².